The normalized spacial score (nSPS) is 9.92. The summed E-state index contributed by atoms with van der Waals surface area (Å²) in [7, 11) is 0. The zero-order chi connectivity index (χ0) is 18.4. The number of carbonyl (C=O) groups is 2. The standard InChI is InChI=1S/2C7H5NO4.Pb/c2*9-7(10)5-1-3-6(4-2-5)8(11)12;/h2*1-4H,(H,9,10);/q;;+2/p-2. The van der Waals surface area contributed by atoms with Gasteiger partial charge in [0.1, 0.15) is 0 Å². The third kappa shape index (κ3) is 5.04. The van der Waals surface area contributed by atoms with Crippen LogP contribution in [0.25, 0.3) is 0 Å². The summed E-state index contributed by atoms with van der Waals surface area (Å²) in [6.07, 6.45) is 0. The first-order chi connectivity index (χ1) is 11.9. The molecule has 10 nitrogen and oxygen atoms in total. The summed E-state index contributed by atoms with van der Waals surface area (Å²) < 4.78 is 9.65. The van der Waals surface area contributed by atoms with Crippen molar-refractivity contribution in [2.75, 3.05) is 0 Å². The molecule has 2 rings (SSSR count). The van der Waals surface area contributed by atoms with Crippen LogP contribution in [0.3, 0.4) is 0 Å². The van der Waals surface area contributed by atoms with Crippen molar-refractivity contribution >= 4 is 48.5 Å². The number of aromatic carboxylic acids is 2. The Bertz CT molecular complexity index is 750. The predicted molar refractivity (Wildman–Crippen MR) is 76.0 cm³/mol. The molecule has 0 unspecified atom stereocenters. The second-order valence-electron chi connectivity index (χ2n) is 4.45. The average molecular weight is 539 g/mol. The number of nitrogens with zero attached hydrogens (tertiary/aromatic N) is 2. The van der Waals surface area contributed by atoms with E-state index in [1.165, 1.54) is 48.5 Å². The van der Waals surface area contributed by atoms with Gasteiger partial charge in [0.2, 0.25) is 0 Å². The van der Waals surface area contributed by atoms with Crippen LogP contribution in [0.5, 0.6) is 0 Å². The molecule has 0 saturated heterocycles. The third-order valence-electron chi connectivity index (χ3n) is 2.87. The quantitative estimate of drug-likeness (QED) is 0.318. The Balaban J connectivity index is 1.86. The average Bonchev–Trinajstić information content (AvgIpc) is 2.61. The number of carbonyl (C=O) groups excluding carboxylic acids is 2. The van der Waals surface area contributed by atoms with Crippen LogP contribution in [0, 0.1) is 9.81 Å². The molecule has 0 spiro atoms. The first kappa shape index (κ1) is 18.4. The molecule has 0 aliphatic carbocycles. The molecule has 2 aromatic rings. The summed E-state index contributed by atoms with van der Waals surface area (Å²) in [5, 5.41) is 21.2. The zero-order valence-electron chi connectivity index (χ0n) is 12.3. The van der Waals surface area contributed by atoms with Crippen LogP contribution in [-0.2, 0) is 5.58 Å². The Hall–Kier alpha value is -2.90. The molecule has 0 amide bonds. The van der Waals surface area contributed by atoms with E-state index in [2.05, 4.69) is 0 Å². The van der Waals surface area contributed by atoms with Crippen LogP contribution in [-0.4, -0.2) is 46.9 Å². The molecule has 0 aliphatic rings. The van der Waals surface area contributed by atoms with Crippen molar-refractivity contribution in [2.45, 2.75) is 0 Å². The van der Waals surface area contributed by atoms with Gasteiger partial charge in [0.15, 0.2) is 0 Å². The van der Waals surface area contributed by atoms with E-state index in [9.17, 15) is 29.6 Å². The molecule has 0 heterocycles. The van der Waals surface area contributed by atoms with E-state index in [4.69, 9.17) is 5.58 Å². The number of hydrogen-bond acceptors (Lipinski definition) is 8. The zero-order valence-corrected chi connectivity index (χ0v) is 16.2. The van der Waals surface area contributed by atoms with Gasteiger partial charge in [-0.2, -0.15) is 0 Å². The molecular formula is C14H8N2O8Pb. The van der Waals surface area contributed by atoms with Crippen LogP contribution in [0.15, 0.2) is 48.5 Å². The third-order valence-corrected chi connectivity index (χ3v) is 4.74. The number of hydrogen-bond donors (Lipinski definition) is 0. The minimum atomic E-state index is -2.58. The van der Waals surface area contributed by atoms with Gasteiger partial charge in [0, 0.05) is 0 Å². The second-order valence-corrected chi connectivity index (χ2v) is 6.52. The fraction of sp³-hybridized carbons (Fsp3) is 0. The van der Waals surface area contributed by atoms with Crippen molar-refractivity contribution in [3.05, 3.63) is 69.5 Å². The fourth-order valence-electron chi connectivity index (χ4n) is 1.63. The molecule has 0 fully saturated rings. The number of rotatable bonds is 8. The molecule has 11 heteroatoms. The van der Waals surface area contributed by atoms with Gasteiger partial charge in [-0.1, -0.05) is 0 Å². The van der Waals surface area contributed by atoms with Gasteiger partial charge >= 0.3 is 153 Å². The summed E-state index contributed by atoms with van der Waals surface area (Å²) in [4.78, 5) is 44.8. The molecule has 2 aromatic carbocycles. The van der Waals surface area contributed by atoms with Crippen molar-refractivity contribution in [2.24, 2.45) is 0 Å². The molecule has 0 saturated carbocycles. The Labute approximate surface area is 153 Å². The maximum absolute atomic E-state index is 11.7. The predicted octanol–water partition coefficient (Wildman–Crippen LogP) is -0.668. The fourth-order valence-corrected chi connectivity index (χ4v) is 3.10. The van der Waals surface area contributed by atoms with E-state index in [1.807, 2.05) is 0 Å². The monoisotopic (exact) mass is 540 g/mol. The number of carboxylic acid groups (broad SMARTS) is 2. The van der Waals surface area contributed by atoms with Gasteiger partial charge in [-0.05, 0) is 0 Å². The maximum atomic E-state index is 11.7. The summed E-state index contributed by atoms with van der Waals surface area (Å²) in [5.41, 5.74) is -0.142. The summed E-state index contributed by atoms with van der Waals surface area (Å²) in [6.45, 7) is 0. The van der Waals surface area contributed by atoms with Gasteiger partial charge in [-0.25, -0.2) is 0 Å². The molecule has 0 aromatic heterocycles. The topological polar surface area (TPSA) is 139 Å². The first-order valence-corrected chi connectivity index (χ1v) is 9.72. The molecule has 25 heavy (non-hydrogen) atoms. The number of carboxylic acids is 2. The molecule has 0 aliphatic heterocycles. The van der Waals surface area contributed by atoms with Gasteiger partial charge in [-0.3, -0.25) is 0 Å². The Morgan fingerprint density at radius 1 is 0.720 bits per heavy atom. The second kappa shape index (κ2) is 8.27. The van der Waals surface area contributed by atoms with Gasteiger partial charge in [0.05, 0.1) is 0 Å². The van der Waals surface area contributed by atoms with E-state index in [-0.39, 0.29) is 32.3 Å². The molecule has 2 radical (unpaired) electrons. The van der Waals surface area contributed by atoms with Crippen LogP contribution >= 0.6 is 0 Å². The van der Waals surface area contributed by atoms with Crippen LogP contribution in [0.1, 0.15) is 20.7 Å². The molecule has 0 atom stereocenters. The van der Waals surface area contributed by atoms with Gasteiger partial charge in [-0.15, -0.1) is 0 Å². The summed E-state index contributed by atoms with van der Waals surface area (Å²) in [6, 6.07) is 9.56. The molecule has 126 valence electrons. The molecule has 0 bridgehead atoms. The van der Waals surface area contributed by atoms with Crippen LogP contribution < -0.4 is 10.2 Å². The van der Waals surface area contributed by atoms with E-state index >= 15 is 0 Å². The molecular weight excluding hydrogens is 531 g/mol. The number of benzene rings is 2. The van der Waals surface area contributed by atoms with E-state index in [0.29, 0.717) is 0 Å². The van der Waals surface area contributed by atoms with Crippen molar-refractivity contribution < 1.29 is 35.2 Å². The van der Waals surface area contributed by atoms with Crippen molar-refractivity contribution in [1.82, 2.24) is 0 Å². The van der Waals surface area contributed by atoms with Gasteiger partial charge < -0.3 is 0 Å². The Morgan fingerprint density at radius 2 is 1.04 bits per heavy atom. The van der Waals surface area contributed by atoms with Gasteiger partial charge in [0.25, 0.3) is 0 Å². The minimum absolute atomic E-state index is 0.0249. The summed E-state index contributed by atoms with van der Waals surface area (Å²) in [5.74, 6) is -2.75. The van der Waals surface area contributed by atoms with Crippen LogP contribution in [0.4, 0.5) is 11.4 Å². The van der Waals surface area contributed by atoms with Crippen molar-refractivity contribution in [3.63, 3.8) is 0 Å². The summed E-state index contributed by atoms with van der Waals surface area (Å²) >= 11 is -2.58. The molecule has 0 N–H and O–H groups in total. The van der Waals surface area contributed by atoms with Crippen LogP contribution in [0.2, 0.25) is 0 Å². The van der Waals surface area contributed by atoms with Crippen molar-refractivity contribution in [3.8, 4) is 0 Å². The Morgan fingerprint density at radius 3 is 1.32 bits per heavy atom. The van der Waals surface area contributed by atoms with Crippen molar-refractivity contribution in [1.29, 1.82) is 0 Å². The van der Waals surface area contributed by atoms with E-state index in [0.717, 1.165) is 0 Å². The Kier molecular flexibility index (Phi) is 6.10. The van der Waals surface area contributed by atoms with E-state index in [1.54, 1.807) is 0 Å². The SMILES string of the molecule is O=C([O-])c1ccc([N+](=O)[O][Pb][O][N+](=O)c2ccc(C(=O)[O-])cc2)cc1. The van der Waals surface area contributed by atoms with E-state index < -0.39 is 37.1 Å². The first-order valence-electron chi connectivity index (χ1n) is 6.54.